The van der Waals surface area contributed by atoms with Crippen molar-refractivity contribution in [3.8, 4) is 0 Å². The van der Waals surface area contributed by atoms with Crippen molar-refractivity contribution in [2.75, 3.05) is 11.9 Å². The van der Waals surface area contributed by atoms with E-state index in [0.29, 0.717) is 24.1 Å². The Morgan fingerprint density at radius 3 is 2.20 bits per heavy atom. The molecular weight excluding hydrogens is 390 g/mol. The predicted molar refractivity (Wildman–Crippen MR) is 106 cm³/mol. The molecule has 0 spiro atoms. The number of nitrogens with two attached hydrogens (primary N) is 1. The van der Waals surface area contributed by atoms with Gasteiger partial charge in [-0.2, -0.15) is 0 Å². The van der Waals surface area contributed by atoms with Crippen LogP contribution in [0.25, 0.3) is 0 Å². The van der Waals surface area contributed by atoms with Crippen LogP contribution in [0.1, 0.15) is 36.5 Å². The normalized spacial score (nSPS) is 21.2. The summed E-state index contributed by atoms with van der Waals surface area (Å²) in [4.78, 5) is 61.3. The van der Waals surface area contributed by atoms with Gasteiger partial charge in [-0.3, -0.25) is 28.9 Å². The average molecular weight is 413 g/mol. The third-order valence-corrected chi connectivity index (χ3v) is 5.25. The molecule has 30 heavy (non-hydrogen) atoms. The Hall–Kier alpha value is -3.49. The van der Waals surface area contributed by atoms with Gasteiger partial charge in [0, 0.05) is 17.8 Å². The number of rotatable bonds is 7. The number of fused-ring (bicyclic) bond motifs is 1. The van der Waals surface area contributed by atoms with Crippen molar-refractivity contribution in [2.45, 2.75) is 32.3 Å². The lowest BCUT2D eigenvalue weighted by atomic mass is 9.85. The van der Waals surface area contributed by atoms with Crippen molar-refractivity contribution >= 4 is 35.3 Å². The zero-order chi connectivity index (χ0) is 21.8. The number of likely N-dealkylation sites (tertiary alicyclic amines) is 1. The van der Waals surface area contributed by atoms with Gasteiger partial charge in [-0.25, -0.2) is 0 Å². The Balaban J connectivity index is 1.47. The minimum absolute atomic E-state index is 0.0631. The molecule has 3 atom stereocenters. The Labute approximate surface area is 173 Å². The molecule has 9 nitrogen and oxygen atoms in total. The van der Waals surface area contributed by atoms with E-state index in [1.54, 1.807) is 0 Å². The van der Waals surface area contributed by atoms with Crippen molar-refractivity contribution in [3.05, 3.63) is 42.0 Å². The number of carbonyl (C=O) groups is 5. The van der Waals surface area contributed by atoms with E-state index in [1.165, 1.54) is 31.2 Å². The smallest absolute Gasteiger partial charge is 0.308 e. The highest BCUT2D eigenvalue weighted by Gasteiger charge is 2.47. The molecule has 1 heterocycles. The standard InChI is InChI=1S/C21H23N3O6/c1-12(19(27)23-14-8-6-13(7-9-14)18(22)26)30-17(25)10-11-24-20(28)15-4-2-3-5-16(15)21(24)29/h2-3,6-9,12,15-16H,4-5,10-11H2,1H3,(H2,22,26)(H,23,27)/t12-,15+,16+/m1/s1. The van der Waals surface area contributed by atoms with E-state index in [-0.39, 0.29) is 36.6 Å². The maximum atomic E-state index is 12.4. The van der Waals surface area contributed by atoms with Crippen molar-refractivity contribution in [3.63, 3.8) is 0 Å². The predicted octanol–water partition coefficient (Wildman–Crippen LogP) is 0.997. The third kappa shape index (κ3) is 4.56. The molecular formula is C21H23N3O6. The Kier molecular flexibility index (Phi) is 6.29. The summed E-state index contributed by atoms with van der Waals surface area (Å²) in [7, 11) is 0. The molecule has 0 radical (unpaired) electrons. The molecule has 1 aliphatic heterocycles. The molecule has 1 fully saturated rings. The molecule has 0 unspecified atom stereocenters. The number of benzene rings is 1. The van der Waals surface area contributed by atoms with Crippen LogP contribution in [0.4, 0.5) is 5.69 Å². The molecule has 4 amide bonds. The van der Waals surface area contributed by atoms with Crippen molar-refractivity contribution in [1.82, 2.24) is 4.90 Å². The number of anilines is 1. The molecule has 3 N–H and O–H groups in total. The van der Waals surface area contributed by atoms with Gasteiger partial charge in [0.1, 0.15) is 0 Å². The summed E-state index contributed by atoms with van der Waals surface area (Å²) in [5.74, 6) is -3.02. The van der Waals surface area contributed by atoms with Crippen molar-refractivity contribution in [1.29, 1.82) is 0 Å². The highest BCUT2D eigenvalue weighted by Crippen LogP contribution is 2.35. The fourth-order valence-corrected chi connectivity index (χ4v) is 3.56. The van der Waals surface area contributed by atoms with E-state index < -0.39 is 23.9 Å². The van der Waals surface area contributed by atoms with E-state index in [1.807, 2.05) is 12.2 Å². The van der Waals surface area contributed by atoms with Crippen molar-refractivity contribution < 1.29 is 28.7 Å². The molecule has 0 bridgehead atoms. The first kappa shape index (κ1) is 21.2. The highest BCUT2D eigenvalue weighted by atomic mass is 16.5. The van der Waals surface area contributed by atoms with E-state index in [2.05, 4.69) is 5.32 Å². The summed E-state index contributed by atoms with van der Waals surface area (Å²) in [6.45, 7) is 1.35. The highest BCUT2D eigenvalue weighted by molar-refractivity contribution is 6.05. The summed E-state index contributed by atoms with van der Waals surface area (Å²) in [5.41, 5.74) is 5.87. The number of nitrogens with zero attached hydrogens (tertiary/aromatic N) is 1. The number of hydrogen-bond donors (Lipinski definition) is 2. The van der Waals surface area contributed by atoms with Gasteiger partial charge in [-0.15, -0.1) is 0 Å². The molecule has 9 heteroatoms. The number of ether oxygens (including phenoxy) is 1. The van der Waals surface area contributed by atoms with E-state index in [4.69, 9.17) is 10.5 Å². The monoisotopic (exact) mass is 413 g/mol. The van der Waals surface area contributed by atoms with Crippen LogP contribution in [0.3, 0.4) is 0 Å². The molecule has 1 aromatic rings. The maximum Gasteiger partial charge on any atom is 0.308 e. The third-order valence-electron chi connectivity index (χ3n) is 5.25. The van der Waals surface area contributed by atoms with Gasteiger partial charge in [0.15, 0.2) is 6.10 Å². The Bertz CT molecular complexity index is 882. The largest absolute Gasteiger partial charge is 0.452 e. The Morgan fingerprint density at radius 1 is 1.10 bits per heavy atom. The number of carbonyl (C=O) groups excluding carboxylic acids is 5. The summed E-state index contributed by atoms with van der Waals surface area (Å²) in [6.07, 6.45) is 3.60. The average Bonchev–Trinajstić information content (AvgIpc) is 2.97. The van der Waals surface area contributed by atoms with Gasteiger partial charge < -0.3 is 15.8 Å². The second kappa shape index (κ2) is 8.89. The van der Waals surface area contributed by atoms with Gasteiger partial charge in [0.25, 0.3) is 5.91 Å². The van der Waals surface area contributed by atoms with E-state index >= 15 is 0 Å². The molecule has 158 valence electrons. The molecule has 0 aromatic heterocycles. The first-order valence-electron chi connectivity index (χ1n) is 9.68. The van der Waals surface area contributed by atoms with Gasteiger partial charge in [0.05, 0.1) is 18.3 Å². The number of amides is 4. The van der Waals surface area contributed by atoms with Gasteiger partial charge in [-0.1, -0.05) is 12.2 Å². The number of allylic oxidation sites excluding steroid dienone is 2. The molecule has 2 aliphatic rings. The summed E-state index contributed by atoms with van der Waals surface area (Å²) in [5, 5.41) is 2.56. The molecule has 1 aromatic carbocycles. The minimum Gasteiger partial charge on any atom is -0.452 e. The second-order valence-corrected chi connectivity index (χ2v) is 7.30. The van der Waals surface area contributed by atoms with E-state index in [0.717, 1.165) is 4.90 Å². The summed E-state index contributed by atoms with van der Waals surface area (Å²) < 4.78 is 5.11. The fourth-order valence-electron chi connectivity index (χ4n) is 3.56. The van der Waals surface area contributed by atoms with Crippen LogP contribution < -0.4 is 11.1 Å². The molecule has 3 rings (SSSR count). The van der Waals surface area contributed by atoms with Crippen LogP contribution in [0.15, 0.2) is 36.4 Å². The zero-order valence-electron chi connectivity index (χ0n) is 16.5. The SMILES string of the molecule is C[C@@H](OC(=O)CCN1C(=O)[C@H]2CC=CC[C@@H]2C1=O)C(=O)Nc1ccc(C(N)=O)cc1. The Morgan fingerprint density at radius 2 is 1.67 bits per heavy atom. The van der Waals surface area contributed by atoms with Crippen LogP contribution in [-0.4, -0.2) is 47.1 Å². The second-order valence-electron chi connectivity index (χ2n) is 7.30. The lowest BCUT2D eigenvalue weighted by Gasteiger charge is -2.16. The maximum absolute atomic E-state index is 12.4. The van der Waals surface area contributed by atoms with Crippen LogP contribution in [0.2, 0.25) is 0 Å². The zero-order valence-corrected chi connectivity index (χ0v) is 16.5. The first-order valence-corrected chi connectivity index (χ1v) is 9.68. The van der Waals surface area contributed by atoms with Crippen molar-refractivity contribution in [2.24, 2.45) is 17.6 Å². The van der Waals surface area contributed by atoms with Gasteiger partial charge in [0.2, 0.25) is 17.7 Å². The lowest BCUT2D eigenvalue weighted by molar-refractivity contribution is -0.154. The van der Waals surface area contributed by atoms with E-state index in [9.17, 15) is 24.0 Å². The fraction of sp³-hybridized carbons (Fsp3) is 0.381. The summed E-state index contributed by atoms with van der Waals surface area (Å²) >= 11 is 0. The number of primary amides is 1. The number of esters is 1. The van der Waals surface area contributed by atoms with Crippen LogP contribution in [0, 0.1) is 11.8 Å². The molecule has 0 saturated carbocycles. The number of nitrogens with one attached hydrogen (secondary N) is 1. The quantitative estimate of drug-likeness (QED) is 0.389. The first-order chi connectivity index (χ1) is 14.3. The van der Waals surface area contributed by atoms with Gasteiger partial charge >= 0.3 is 5.97 Å². The lowest BCUT2D eigenvalue weighted by Crippen LogP contribution is -2.35. The topological polar surface area (TPSA) is 136 Å². The van der Waals surface area contributed by atoms with Gasteiger partial charge in [-0.05, 0) is 44.0 Å². The van der Waals surface area contributed by atoms with Crippen LogP contribution in [-0.2, 0) is 23.9 Å². The number of hydrogen-bond acceptors (Lipinski definition) is 6. The van der Waals surface area contributed by atoms with Crippen LogP contribution >= 0.6 is 0 Å². The minimum atomic E-state index is -1.08. The van der Waals surface area contributed by atoms with Crippen LogP contribution in [0.5, 0.6) is 0 Å². The molecule has 1 saturated heterocycles. The summed E-state index contributed by atoms with van der Waals surface area (Å²) in [6, 6.07) is 5.94. The molecule has 1 aliphatic carbocycles. The number of imide groups is 1.